The van der Waals surface area contributed by atoms with Crippen LogP contribution in [0.4, 0.5) is 4.39 Å². The molecule has 0 saturated carbocycles. The van der Waals surface area contributed by atoms with Gasteiger partial charge in [-0.05, 0) is 69.4 Å². The summed E-state index contributed by atoms with van der Waals surface area (Å²) in [5.41, 5.74) is 2.72. The predicted octanol–water partition coefficient (Wildman–Crippen LogP) is 3.89. The summed E-state index contributed by atoms with van der Waals surface area (Å²) in [7, 11) is 0. The van der Waals surface area contributed by atoms with Gasteiger partial charge in [-0.1, -0.05) is 19.9 Å². The zero-order chi connectivity index (χ0) is 21.1. The third kappa shape index (κ3) is 4.13. The van der Waals surface area contributed by atoms with Gasteiger partial charge in [0.25, 0.3) is 0 Å². The highest BCUT2D eigenvalue weighted by molar-refractivity contribution is 5.83. The van der Waals surface area contributed by atoms with Gasteiger partial charge in [0.1, 0.15) is 23.4 Å². The minimum atomic E-state index is -0.686. The van der Waals surface area contributed by atoms with Gasteiger partial charge in [0, 0.05) is 29.3 Å². The minimum absolute atomic E-state index is 0.296. The van der Waals surface area contributed by atoms with Crippen molar-refractivity contribution in [2.24, 2.45) is 0 Å². The number of halogens is 1. The molecule has 0 radical (unpaired) electrons. The molecule has 4 rings (SSSR count). The second-order valence-corrected chi connectivity index (χ2v) is 8.04. The highest BCUT2D eigenvalue weighted by Crippen LogP contribution is 2.42. The Hall–Kier alpha value is -2.28. The number of ether oxygens (including phenoxy) is 1. The normalized spacial score (nSPS) is 22.2. The van der Waals surface area contributed by atoms with Crippen molar-refractivity contribution < 1.29 is 14.2 Å². The average Bonchev–Trinajstić information content (AvgIpc) is 3.00. The lowest BCUT2D eigenvalue weighted by Gasteiger charge is -2.36. The molecule has 2 atom stereocenters. The first kappa shape index (κ1) is 21.0. The molecule has 0 bridgehead atoms. The van der Waals surface area contributed by atoms with Gasteiger partial charge in [-0.15, -0.1) is 0 Å². The number of rotatable bonds is 5. The summed E-state index contributed by atoms with van der Waals surface area (Å²) in [6.45, 7) is 7.40. The van der Waals surface area contributed by atoms with Gasteiger partial charge in [0.2, 0.25) is 0 Å². The quantitative estimate of drug-likeness (QED) is 0.731. The Kier molecular flexibility index (Phi) is 6.18. The fraction of sp³-hybridized carbons (Fsp3) is 0.458. The van der Waals surface area contributed by atoms with Crippen LogP contribution < -0.4 is 10.1 Å². The van der Waals surface area contributed by atoms with Crippen molar-refractivity contribution >= 4 is 5.57 Å². The molecule has 2 N–H and O–H groups in total. The maximum Gasteiger partial charge on any atom is 0.135 e. The van der Waals surface area contributed by atoms with Crippen LogP contribution in [0.3, 0.4) is 0 Å². The molecule has 2 aromatic rings. The maximum atomic E-state index is 14.1. The molecule has 0 amide bonds. The summed E-state index contributed by atoms with van der Waals surface area (Å²) >= 11 is 0. The number of benzene rings is 1. The van der Waals surface area contributed by atoms with Gasteiger partial charge in [-0.25, -0.2) is 4.39 Å². The van der Waals surface area contributed by atoms with Gasteiger partial charge in [0.15, 0.2) is 0 Å². The van der Waals surface area contributed by atoms with Crippen molar-refractivity contribution in [2.45, 2.75) is 44.9 Å². The Balaban J connectivity index is 1.73. The maximum absolute atomic E-state index is 14.1. The van der Waals surface area contributed by atoms with E-state index in [0.717, 1.165) is 67.8 Å². The van der Waals surface area contributed by atoms with E-state index in [4.69, 9.17) is 4.74 Å². The number of aliphatic hydroxyl groups is 1. The second-order valence-electron chi connectivity index (χ2n) is 8.04. The van der Waals surface area contributed by atoms with Crippen LogP contribution in [0.2, 0.25) is 0 Å². The molecule has 160 valence electrons. The van der Waals surface area contributed by atoms with Crippen LogP contribution in [0.15, 0.2) is 42.6 Å². The Morgan fingerprint density at radius 1 is 1.20 bits per heavy atom. The molecule has 5 nitrogen and oxygen atoms in total. The molecule has 1 aromatic heterocycles. The Morgan fingerprint density at radius 3 is 2.77 bits per heavy atom. The summed E-state index contributed by atoms with van der Waals surface area (Å²) in [5, 5.41) is 14.0. The van der Waals surface area contributed by atoms with Gasteiger partial charge >= 0.3 is 0 Å². The number of pyridine rings is 1. The fourth-order valence-electron chi connectivity index (χ4n) is 4.41. The van der Waals surface area contributed by atoms with Crippen molar-refractivity contribution in [3.8, 4) is 5.75 Å². The number of aromatic nitrogens is 1. The molecule has 0 aliphatic carbocycles. The van der Waals surface area contributed by atoms with E-state index in [1.54, 1.807) is 12.3 Å². The zero-order valence-corrected chi connectivity index (χ0v) is 17.7. The van der Waals surface area contributed by atoms with E-state index in [0.29, 0.717) is 5.75 Å². The number of hydrogen-bond donors (Lipinski definition) is 2. The topological polar surface area (TPSA) is 57.6 Å². The highest BCUT2D eigenvalue weighted by atomic mass is 19.1. The summed E-state index contributed by atoms with van der Waals surface area (Å²) in [6, 6.07) is 8.50. The molecule has 3 heterocycles. The molecular formula is C24H30FN3O2. The summed E-state index contributed by atoms with van der Waals surface area (Å²) < 4.78 is 20.5. The zero-order valence-electron chi connectivity index (χ0n) is 17.7. The Morgan fingerprint density at radius 2 is 2.03 bits per heavy atom. The predicted molar refractivity (Wildman–Crippen MR) is 116 cm³/mol. The van der Waals surface area contributed by atoms with Crippen molar-refractivity contribution in [3.63, 3.8) is 0 Å². The van der Waals surface area contributed by atoms with Crippen LogP contribution in [0, 0.1) is 5.82 Å². The largest absolute Gasteiger partial charge is 0.482 e. The van der Waals surface area contributed by atoms with Crippen LogP contribution in [0.25, 0.3) is 5.57 Å². The smallest absolute Gasteiger partial charge is 0.135 e. The Labute approximate surface area is 177 Å². The third-order valence-electron chi connectivity index (χ3n) is 6.15. The van der Waals surface area contributed by atoms with Crippen LogP contribution >= 0.6 is 0 Å². The van der Waals surface area contributed by atoms with Gasteiger partial charge < -0.3 is 15.2 Å². The van der Waals surface area contributed by atoms with Crippen LogP contribution in [0.1, 0.15) is 56.2 Å². The molecule has 2 aliphatic heterocycles. The van der Waals surface area contributed by atoms with Crippen molar-refractivity contribution in [1.29, 1.82) is 0 Å². The third-order valence-corrected chi connectivity index (χ3v) is 6.15. The number of aliphatic hydroxyl groups excluding tert-OH is 1. The Bertz CT molecular complexity index is 901. The summed E-state index contributed by atoms with van der Waals surface area (Å²) in [5.74, 6) is 0.403. The molecule has 1 saturated heterocycles. The van der Waals surface area contributed by atoms with E-state index in [1.807, 2.05) is 30.9 Å². The van der Waals surface area contributed by atoms with Gasteiger partial charge in [-0.3, -0.25) is 9.88 Å². The van der Waals surface area contributed by atoms with E-state index in [9.17, 15) is 9.50 Å². The SMILES string of the molecule is CCN(CC)C(O)c1ccc(C2=CC3(CCCNCC3)Oc3ccc(F)cc32)nc1. The minimum Gasteiger partial charge on any atom is -0.482 e. The molecule has 2 unspecified atom stereocenters. The number of nitrogens with zero attached hydrogens (tertiary/aromatic N) is 2. The van der Waals surface area contributed by atoms with E-state index < -0.39 is 11.8 Å². The summed E-state index contributed by atoms with van der Waals surface area (Å²) in [6.07, 6.45) is 5.93. The molecule has 1 spiro atoms. The van der Waals surface area contributed by atoms with Crippen molar-refractivity contribution in [1.82, 2.24) is 15.2 Å². The average molecular weight is 412 g/mol. The first-order chi connectivity index (χ1) is 14.5. The lowest BCUT2D eigenvalue weighted by molar-refractivity contribution is 0.00876. The second kappa shape index (κ2) is 8.84. The summed E-state index contributed by atoms with van der Waals surface area (Å²) in [4.78, 5) is 6.62. The highest BCUT2D eigenvalue weighted by Gasteiger charge is 2.36. The first-order valence-corrected chi connectivity index (χ1v) is 10.9. The monoisotopic (exact) mass is 411 g/mol. The van der Waals surface area contributed by atoms with Gasteiger partial charge in [0.05, 0.1) is 5.69 Å². The first-order valence-electron chi connectivity index (χ1n) is 10.9. The van der Waals surface area contributed by atoms with E-state index >= 15 is 0 Å². The number of nitrogens with one attached hydrogen (secondary N) is 1. The van der Waals surface area contributed by atoms with E-state index in [1.165, 1.54) is 12.1 Å². The standard InChI is InChI=1S/C24H30FN3O2/c1-3-28(4-2)23(29)17-6-8-21(27-16-17)20-15-24(10-5-12-26-13-11-24)30-22-9-7-18(25)14-19(20)22/h6-9,14-16,23,26,29H,3-5,10-13H2,1-2H3. The van der Waals surface area contributed by atoms with Crippen molar-refractivity contribution in [2.75, 3.05) is 26.2 Å². The van der Waals surface area contributed by atoms with Crippen LogP contribution in [-0.2, 0) is 0 Å². The molecular weight excluding hydrogens is 381 g/mol. The fourth-order valence-corrected chi connectivity index (χ4v) is 4.41. The molecule has 30 heavy (non-hydrogen) atoms. The van der Waals surface area contributed by atoms with Crippen molar-refractivity contribution in [3.05, 3.63) is 65.2 Å². The van der Waals surface area contributed by atoms with E-state index in [2.05, 4.69) is 16.4 Å². The number of hydrogen-bond acceptors (Lipinski definition) is 5. The molecule has 2 aliphatic rings. The van der Waals surface area contributed by atoms with E-state index in [-0.39, 0.29) is 5.82 Å². The van der Waals surface area contributed by atoms with Gasteiger partial charge in [-0.2, -0.15) is 0 Å². The molecule has 6 heteroatoms. The molecule has 1 fully saturated rings. The lowest BCUT2D eigenvalue weighted by atomic mass is 9.85. The van der Waals surface area contributed by atoms with Crippen LogP contribution in [0.5, 0.6) is 5.75 Å². The number of fused-ring (bicyclic) bond motifs is 1. The lowest BCUT2D eigenvalue weighted by Crippen LogP contribution is -2.37. The molecule has 1 aromatic carbocycles. The van der Waals surface area contributed by atoms with Crippen LogP contribution in [-0.4, -0.2) is 46.8 Å².